The van der Waals surface area contributed by atoms with Crippen molar-refractivity contribution in [1.29, 1.82) is 0 Å². The molecule has 0 saturated carbocycles. The number of likely N-dealkylation sites (N-methyl/N-ethyl adjacent to an activating group) is 1. The van der Waals surface area contributed by atoms with E-state index in [2.05, 4.69) is 69.2 Å². The minimum atomic E-state index is -0.727. The Morgan fingerprint density at radius 1 is 1.05 bits per heavy atom. The Balaban J connectivity index is 0.890. The maximum atomic E-state index is 13.0. The van der Waals surface area contributed by atoms with Crippen LogP contribution in [0.15, 0.2) is 42.6 Å². The van der Waals surface area contributed by atoms with E-state index in [9.17, 15) is 24.0 Å². The number of aromatic nitrogens is 2. The lowest BCUT2D eigenvalue weighted by atomic mass is 10.0. The van der Waals surface area contributed by atoms with Crippen LogP contribution in [-0.2, 0) is 25.7 Å². The molecule has 3 aliphatic heterocycles. The summed E-state index contributed by atoms with van der Waals surface area (Å²) in [5.41, 5.74) is 3.65. The molecule has 1 unspecified atom stereocenters. The minimum absolute atomic E-state index is 0.170. The number of imide groups is 1. The van der Waals surface area contributed by atoms with Gasteiger partial charge in [0, 0.05) is 87.1 Å². The van der Waals surface area contributed by atoms with Crippen LogP contribution in [0.25, 0.3) is 0 Å². The molecule has 1 saturated heterocycles. The third-order valence-electron chi connectivity index (χ3n) is 10.4. The molecule has 0 radical (unpaired) electrons. The molecule has 304 valence electrons. The lowest BCUT2D eigenvalue weighted by Gasteiger charge is -2.44. The lowest BCUT2D eigenvalue weighted by Crippen LogP contribution is -2.52. The summed E-state index contributed by atoms with van der Waals surface area (Å²) in [6, 6.07) is 10.1. The minimum Gasteiger partial charge on any atom is -0.495 e. The van der Waals surface area contributed by atoms with E-state index in [0.717, 1.165) is 24.5 Å². The highest BCUT2D eigenvalue weighted by Gasteiger charge is 2.40. The number of anilines is 5. The summed E-state index contributed by atoms with van der Waals surface area (Å²) in [6.07, 6.45) is 3.46. The first-order valence-corrected chi connectivity index (χ1v) is 19.4. The molecule has 0 aliphatic carbocycles. The van der Waals surface area contributed by atoms with Gasteiger partial charge in [-0.15, -0.1) is 0 Å². The highest BCUT2D eigenvalue weighted by atomic mass is 16.5. The van der Waals surface area contributed by atoms with Gasteiger partial charge in [0.05, 0.1) is 37.9 Å². The highest BCUT2D eigenvalue weighted by molar-refractivity contribution is 6.06. The molecule has 17 nitrogen and oxygen atoms in total. The number of carbonyl (C=O) groups excluding carboxylic acids is 5. The van der Waals surface area contributed by atoms with Gasteiger partial charge in [-0.25, -0.2) is 4.98 Å². The Hall–Kier alpha value is -5.81. The number of benzene rings is 2. The molecule has 2 aromatic carbocycles. The zero-order valence-corrected chi connectivity index (χ0v) is 33.1. The largest absolute Gasteiger partial charge is 0.495 e. The van der Waals surface area contributed by atoms with E-state index >= 15 is 0 Å². The second-order valence-corrected chi connectivity index (χ2v) is 14.5. The summed E-state index contributed by atoms with van der Waals surface area (Å²) < 4.78 is 11.3. The van der Waals surface area contributed by atoms with Gasteiger partial charge in [-0.05, 0) is 57.0 Å². The average Bonchev–Trinajstić information content (AvgIpc) is 3.53. The van der Waals surface area contributed by atoms with Crippen molar-refractivity contribution in [3.63, 3.8) is 0 Å². The molecule has 5 N–H and O–H groups in total. The summed E-state index contributed by atoms with van der Waals surface area (Å²) in [7, 11) is 3.61. The number of nitrogens with one attached hydrogen (secondary N) is 5. The van der Waals surface area contributed by atoms with Crippen LogP contribution in [0.2, 0.25) is 0 Å². The van der Waals surface area contributed by atoms with Crippen LogP contribution >= 0.6 is 0 Å². The van der Waals surface area contributed by atoms with E-state index in [1.165, 1.54) is 4.90 Å². The normalized spacial score (nSPS) is 17.6. The van der Waals surface area contributed by atoms with Crippen molar-refractivity contribution in [3.8, 4) is 5.75 Å². The number of fused-ring (bicyclic) bond motifs is 2. The molecular formula is C40H52N10O7. The molecule has 1 aromatic heterocycles. The van der Waals surface area contributed by atoms with Crippen LogP contribution in [-0.4, -0.2) is 116 Å². The fourth-order valence-electron chi connectivity index (χ4n) is 7.44. The SMILES string of the molecule is CC[C@@H]1CN(C)c2cnc(Nc3ccc(C(=O)NCCOCCNCCC(=O)Nc4cccc5c4CN(C4CCC(=O)NC4=O)C5=O)cc3OC)nc2N1C(C)C. The fourth-order valence-corrected chi connectivity index (χ4v) is 7.44. The Labute approximate surface area is 332 Å². The van der Waals surface area contributed by atoms with Crippen LogP contribution in [0.1, 0.15) is 72.7 Å². The quantitative estimate of drug-likeness (QED) is 0.0991. The van der Waals surface area contributed by atoms with Gasteiger partial charge in [0.2, 0.25) is 23.7 Å². The van der Waals surface area contributed by atoms with Crippen LogP contribution in [0, 0.1) is 0 Å². The first kappa shape index (κ1) is 40.8. The number of hydrogen-bond donors (Lipinski definition) is 5. The van der Waals surface area contributed by atoms with Crippen molar-refractivity contribution in [2.45, 2.75) is 71.1 Å². The van der Waals surface area contributed by atoms with Gasteiger partial charge in [-0.3, -0.25) is 29.3 Å². The molecule has 4 heterocycles. The number of carbonyl (C=O) groups is 5. The van der Waals surface area contributed by atoms with Gasteiger partial charge in [0.15, 0.2) is 5.82 Å². The fraction of sp³-hybridized carbons (Fsp3) is 0.475. The standard InChI is InChI=1S/C40H52N10O7/c1-6-26-22-48(4)32-21-43-40(47-36(32)50(26)24(2)3)45-30-11-10-25(20-33(30)56-5)37(53)42-17-19-57-18-16-41-15-14-35(52)44-29-9-7-8-27-28(29)23-49(39(27)55)31-12-13-34(51)46-38(31)54/h7-11,20-21,24,26,31,41H,6,12-19,22-23H2,1-5H3,(H,42,53)(H,44,52)(H,43,45,47)(H,46,51,54)/t26-,31?/m1/s1. The van der Waals surface area contributed by atoms with Crippen LogP contribution < -0.4 is 41.1 Å². The third kappa shape index (κ3) is 9.43. The molecule has 57 heavy (non-hydrogen) atoms. The van der Waals surface area contributed by atoms with Crippen molar-refractivity contribution >= 4 is 58.4 Å². The summed E-state index contributed by atoms with van der Waals surface area (Å²) in [5.74, 6) is 0.173. The molecule has 3 aliphatic rings. The van der Waals surface area contributed by atoms with E-state index in [0.29, 0.717) is 78.7 Å². The molecule has 6 rings (SSSR count). The van der Waals surface area contributed by atoms with E-state index in [1.807, 2.05) is 6.20 Å². The van der Waals surface area contributed by atoms with E-state index in [-0.39, 0.29) is 55.5 Å². The predicted octanol–water partition coefficient (Wildman–Crippen LogP) is 2.80. The van der Waals surface area contributed by atoms with Gasteiger partial charge >= 0.3 is 0 Å². The van der Waals surface area contributed by atoms with Gasteiger partial charge in [-0.1, -0.05) is 13.0 Å². The molecule has 5 amide bonds. The van der Waals surface area contributed by atoms with Gasteiger partial charge in [-0.2, -0.15) is 4.98 Å². The number of hydrogen-bond acceptors (Lipinski definition) is 13. The first-order chi connectivity index (χ1) is 27.5. The number of piperidine rings is 1. The monoisotopic (exact) mass is 784 g/mol. The van der Waals surface area contributed by atoms with E-state index in [1.54, 1.807) is 43.5 Å². The number of methoxy groups -OCH3 is 1. The third-order valence-corrected chi connectivity index (χ3v) is 10.4. The van der Waals surface area contributed by atoms with Crippen molar-refractivity contribution in [2.24, 2.45) is 0 Å². The Morgan fingerprint density at radius 2 is 1.86 bits per heavy atom. The van der Waals surface area contributed by atoms with Gasteiger partial charge in [0.1, 0.15) is 11.8 Å². The second kappa shape index (κ2) is 18.4. The summed E-state index contributed by atoms with van der Waals surface area (Å²) >= 11 is 0. The molecule has 2 atom stereocenters. The molecule has 3 aromatic rings. The smallest absolute Gasteiger partial charge is 0.255 e. The average molecular weight is 785 g/mol. The zero-order valence-electron chi connectivity index (χ0n) is 33.1. The number of amides is 5. The van der Waals surface area contributed by atoms with Crippen molar-refractivity contribution in [2.75, 3.05) is 74.0 Å². The maximum absolute atomic E-state index is 13.0. The summed E-state index contributed by atoms with van der Waals surface area (Å²) in [6.45, 7) is 9.50. The lowest BCUT2D eigenvalue weighted by molar-refractivity contribution is -0.137. The van der Waals surface area contributed by atoms with Crippen molar-refractivity contribution in [1.82, 2.24) is 30.8 Å². The topological polar surface area (TPSA) is 199 Å². The molecule has 0 spiro atoms. The van der Waals surface area contributed by atoms with E-state index < -0.39 is 11.9 Å². The molecule has 17 heteroatoms. The number of rotatable bonds is 17. The van der Waals surface area contributed by atoms with Crippen LogP contribution in [0.4, 0.5) is 28.8 Å². The van der Waals surface area contributed by atoms with Gasteiger partial charge < -0.3 is 45.4 Å². The summed E-state index contributed by atoms with van der Waals surface area (Å²) in [4.78, 5) is 78.1. The molecule has 0 bridgehead atoms. The van der Waals surface area contributed by atoms with Crippen molar-refractivity contribution < 1.29 is 33.4 Å². The number of nitrogens with zero attached hydrogens (tertiary/aromatic N) is 5. The van der Waals surface area contributed by atoms with Crippen LogP contribution in [0.3, 0.4) is 0 Å². The maximum Gasteiger partial charge on any atom is 0.255 e. The summed E-state index contributed by atoms with van der Waals surface area (Å²) in [5, 5.41) is 14.5. The Bertz CT molecular complexity index is 1990. The Kier molecular flexibility index (Phi) is 13.2. The first-order valence-electron chi connectivity index (χ1n) is 19.4. The van der Waals surface area contributed by atoms with Gasteiger partial charge in [0.25, 0.3) is 11.8 Å². The Morgan fingerprint density at radius 3 is 2.61 bits per heavy atom. The zero-order chi connectivity index (χ0) is 40.6. The number of ether oxygens (including phenoxy) is 2. The highest BCUT2D eigenvalue weighted by Crippen LogP contribution is 2.37. The second-order valence-electron chi connectivity index (χ2n) is 14.5. The molecular weight excluding hydrogens is 733 g/mol. The van der Waals surface area contributed by atoms with Crippen LogP contribution in [0.5, 0.6) is 5.75 Å². The van der Waals surface area contributed by atoms with Crippen molar-refractivity contribution in [3.05, 3.63) is 59.3 Å². The predicted molar refractivity (Wildman–Crippen MR) is 215 cm³/mol. The molecule has 1 fully saturated rings. The van der Waals surface area contributed by atoms with E-state index in [4.69, 9.17) is 14.5 Å².